The molecule has 0 saturated carbocycles. The van der Waals surface area contributed by atoms with Crippen molar-refractivity contribution in [3.63, 3.8) is 0 Å². The second-order valence-electron chi connectivity index (χ2n) is 4.80. The summed E-state index contributed by atoms with van der Waals surface area (Å²) in [6.45, 7) is 3.48. The third-order valence-corrected chi connectivity index (χ3v) is 3.23. The van der Waals surface area contributed by atoms with E-state index in [4.69, 9.17) is 14.0 Å². The second kappa shape index (κ2) is 7.53. The first kappa shape index (κ1) is 16.7. The van der Waals surface area contributed by atoms with Gasteiger partial charge >= 0.3 is 0 Å². The van der Waals surface area contributed by atoms with Gasteiger partial charge in [0.2, 0.25) is 11.7 Å². The maximum Gasteiger partial charge on any atom is 0.246 e. The molecule has 1 N–H and O–H groups in total. The summed E-state index contributed by atoms with van der Waals surface area (Å²) in [6, 6.07) is 5.80. The van der Waals surface area contributed by atoms with Crippen LogP contribution in [0.5, 0.6) is 5.75 Å². The molecule has 0 radical (unpaired) electrons. The number of morpholine rings is 1. The summed E-state index contributed by atoms with van der Waals surface area (Å²) >= 11 is 0. The molecule has 2 heterocycles. The summed E-state index contributed by atoms with van der Waals surface area (Å²) in [5.41, 5.74) is 0. The van der Waals surface area contributed by atoms with Crippen LogP contribution in [0.25, 0.3) is 0 Å². The van der Waals surface area contributed by atoms with Gasteiger partial charge in [0.25, 0.3) is 0 Å². The van der Waals surface area contributed by atoms with Crippen molar-refractivity contribution < 1.29 is 18.4 Å². The molecule has 22 heavy (non-hydrogen) atoms. The predicted molar refractivity (Wildman–Crippen MR) is 78.4 cm³/mol. The van der Waals surface area contributed by atoms with Crippen molar-refractivity contribution in [2.75, 3.05) is 13.2 Å². The first-order chi connectivity index (χ1) is 10.2. The van der Waals surface area contributed by atoms with Crippen LogP contribution in [0.15, 0.2) is 28.8 Å². The lowest BCUT2D eigenvalue weighted by Gasteiger charge is -2.27. The van der Waals surface area contributed by atoms with Gasteiger partial charge in [0.05, 0.1) is 12.7 Å². The van der Waals surface area contributed by atoms with Gasteiger partial charge in [-0.1, -0.05) is 11.2 Å². The first-order valence-electron chi connectivity index (χ1n) is 6.78. The van der Waals surface area contributed by atoms with Crippen molar-refractivity contribution in [1.82, 2.24) is 15.5 Å². The molecule has 2 atom stereocenters. The molecule has 1 aliphatic heterocycles. The molecule has 1 saturated heterocycles. The smallest absolute Gasteiger partial charge is 0.246 e. The third kappa shape index (κ3) is 3.94. The third-order valence-electron chi connectivity index (χ3n) is 3.23. The molecule has 0 unspecified atom stereocenters. The van der Waals surface area contributed by atoms with Gasteiger partial charge in [-0.25, -0.2) is 4.39 Å². The van der Waals surface area contributed by atoms with E-state index in [1.54, 1.807) is 12.1 Å². The van der Waals surface area contributed by atoms with E-state index in [0.717, 1.165) is 6.54 Å². The van der Waals surface area contributed by atoms with Crippen LogP contribution >= 0.6 is 12.4 Å². The average molecular weight is 330 g/mol. The van der Waals surface area contributed by atoms with E-state index >= 15 is 0 Å². The molecular weight excluding hydrogens is 313 g/mol. The SMILES string of the molecule is C[C@H]1OCCN[C@@H]1c1nc(COc2cccc(F)c2)no1.Cl. The molecule has 2 aromatic rings. The number of rotatable bonds is 4. The highest BCUT2D eigenvalue weighted by atomic mass is 35.5. The summed E-state index contributed by atoms with van der Waals surface area (Å²) in [6.07, 6.45) is -0.0313. The molecule has 0 aliphatic carbocycles. The lowest BCUT2D eigenvalue weighted by atomic mass is 10.1. The largest absolute Gasteiger partial charge is 0.485 e. The number of halogens is 2. The van der Waals surface area contributed by atoms with Crippen LogP contribution < -0.4 is 10.1 Å². The van der Waals surface area contributed by atoms with Crippen LogP contribution in [0.2, 0.25) is 0 Å². The quantitative estimate of drug-likeness (QED) is 0.928. The Morgan fingerprint density at radius 2 is 2.32 bits per heavy atom. The highest BCUT2D eigenvalue weighted by molar-refractivity contribution is 5.85. The molecule has 1 aromatic carbocycles. The van der Waals surface area contributed by atoms with Gasteiger partial charge in [-0.15, -0.1) is 12.4 Å². The van der Waals surface area contributed by atoms with Crippen LogP contribution in [0.1, 0.15) is 24.7 Å². The van der Waals surface area contributed by atoms with Crippen molar-refractivity contribution >= 4 is 12.4 Å². The fourth-order valence-electron chi connectivity index (χ4n) is 2.17. The molecular formula is C14H17ClFN3O3. The summed E-state index contributed by atoms with van der Waals surface area (Å²) in [7, 11) is 0. The van der Waals surface area contributed by atoms with E-state index < -0.39 is 0 Å². The summed E-state index contributed by atoms with van der Waals surface area (Å²) < 4.78 is 29.2. The van der Waals surface area contributed by atoms with Crippen LogP contribution in [0.3, 0.4) is 0 Å². The summed E-state index contributed by atoms with van der Waals surface area (Å²) in [5, 5.41) is 7.13. The Kier molecular flexibility index (Phi) is 5.70. The zero-order chi connectivity index (χ0) is 14.7. The lowest BCUT2D eigenvalue weighted by Crippen LogP contribution is -2.40. The molecule has 1 fully saturated rings. The Morgan fingerprint density at radius 1 is 1.45 bits per heavy atom. The minimum Gasteiger partial charge on any atom is -0.485 e. The fourth-order valence-corrected chi connectivity index (χ4v) is 2.17. The van der Waals surface area contributed by atoms with Gasteiger partial charge in [0.15, 0.2) is 6.61 Å². The van der Waals surface area contributed by atoms with Crippen LogP contribution in [0.4, 0.5) is 4.39 Å². The molecule has 0 spiro atoms. The van der Waals surface area contributed by atoms with Crippen LogP contribution in [0, 0.1) is 5.82 Å². The van der Waals surface area contributed by atoms with Gasteiger partial charge in [-0.3, -0.25) is 0 Å². The molecule has 1 aliphatic rings. The Hall–Kier alpha value is -1.70. The monoisotopic (exact) mass is 329 g/mol. The Balaban J connectivity index is 0.00000176. The topological polar surface area (TPSA) is 69.4 Å². The van der Waals surface area contributed by atoms with E-state index in [2.05, 4.69) is 15.5 Å². The highest BCUT2D eigenvalue weighted by Gasteiger charge is 2.28. The molecule has 6 nitrogen and oxygen atoms in total. The van der Waals surface area contributed by atoms with Crippen LogP contribution in [-0.4, -0.2) is 29.4 Å². The summed E-state index contributed by atoms with van der Waals surface area (Å²) in [4.78, 5) is 4.28. The van der Waals surface area contributed by atoms with Gasteiger partial charge in [0.1, 0.15) is 17.6 Å². The van der Waals surface area contributed by atoms with E-state index in [1.165, 1.54) is 12.1 Å². The van der Waals surface area contributed by atoms with Gasteiger partial charge in [-0.2, -0.15) is 4.98 Å². The van der Waals surface area contributed by atoms with Gasteiger partial charge in [0, 0.05) is 12.6 Å². The van der Waals surface area contributed by atoms with Crippen molar-refractivity contribution in [2.45, 2.75) is 25.7 Å². The van der Waals surface area contributed by atoms with Crippen molar-refractivity contribution in [2.24, 2.45) is 0 Å². The van der Waals surface area contributed by atoms with Crippen molar-refractivity contribution in [3.05, 3.63) is 41.8 Å². The normalized spacial score (nSPS) is 21.2. The fraction of sp³-hybridized carbons (Fsp3) is 0.429. The van der Waals surface area contributed by atoms with Crippen molar-refractivity contribution in [3.8, 4) is 5.75 Å². The number of nitrogens with one attached hydrogen (secondary N) is 1. The maximum absolute atomic E-state index is 13.0. The maximum atomic E-state index is 13.0. The second-order valence-corrected chi connectivity index (χ2v) is 4.80. The molecule has 120 valence electrons. The molecule has 3 rings (SSSR count). The van der Waals surface area contributed by atoms with E-state index in [9.17, 15) is 4.39 Å². The van der Waals surface area contributed by atoms with Crippen LogP contribution in [-0.2, 0) is 11.3 Å². The zero-order valence-electron chi connectivity index (χ0n) is 12.0. The van der Waals surface area contributed by atoms with Gasteiger partial charge < -0.3 is 19.3 Å². The van der Waals surface area contributed by atoms with Crippen molar-refractivity contribution in [1.29, 1.82) is 0 Å². The van der Waals surface area contributed by atoms with E-state index in [0.29, 0.717) is 24.1 Å². The molecule has 0 bridgehead atoms. The Morgan fingerprint density at radius 3 is 3.09 bits per heavy atom. The number of ether oxygens (including phenoxy) is 2. The predicted octanol–water partition coefficient (Wildman–Crippen LogP) is 2.26. The van der Waals surface area contributed by atoms with Gasteiger partial charge in [-0.05, 0) is 19.1 Å². The first-order valence-corrected chi connectivity index (χ1v) is 6.78. The number of hydrogen-bond acceptors (Lipinski definition) is 6. The zero-order valence-corrected chi connectivity index (χ0v) is 12.8. The number of aromatic nitrogens is 2. The summed E-state index contributed by atoms with van der Waals surface area (Å²) in [5.74, 6) is 0.960. The number of benzene rings is 1. The molecule has 8 heteroatoms. The number of hydrogen-bond donors (Lipinski definition) is 1. The number of nitrogens with zero attached hydrogens (tertiary/aromatic N) is 2. The lowest BCUT2D eigenvalue weighted by molar-refractivity contribution is -0.00136. The average Bonchev–Trinajstić information content (AvgIpc) is 2.94. The van der Waals surface area contributed by atoms with E-state index in [-0.39, 0.29) is 37.0 Å². The minimum absolute atomic E-state index is 0. The minimum atomic E-state index is -0.348. The Labute approximate surface area is 133 Å². The van der Waals surface area contributed by atoms with E-state index in [1.807, 2.05) is 6.92 Å². The Bertz CT molecular complexity index is 611. The highest BCUT2D eigenvalue weighted by Crippen LogP contribution is 2.20. The molecule has 0 amide bonds. The standard InChI is InChI=1S/C14H16FN3O3.ClH/c1-9-13(16-5-6-19-9)14-17-12(18-21-14)8-20-11-4-2-3-10(15)7-11;/h2-4,7,9,13,16H,5-6,8H2,1H3;1H/t9-,13+;/m1./s1. The molecule has 1 aromatic heterocycles.